The lowest BCUT2D eigenvalue weighted by atomic mass is 9.82. The fraction of sp³-hybridized carbons (Fsp3) is 0.600. The minimum atomic E-state index is -1.02. The van der Waals surface area contributed by atoms with Gasteiger partial charge in [0.05, 0.1) is 31.0 Å². The van der Waals surface area contributed by atoms with Crippen LogP contribution in [0.1, 0.15) is 53.5 Å². The summed E-state index contributed by atoms with van der Waals surface area (Å²) in [5.41, 5.74) is -0.276. The Bertz CT molecular complexity index is 622. The average Bonchev–Trinajstić information content (AvgIpc) is 2.79. The van der Waals surface area contributed by atoms with Crippen LogP contribution < -0.4 is 4.74 Å². The van der Waals surface area contributed by atoms with Crippen molar-refractivity contribution in [2.75, 3.05) is 13.7 Å². The van der Waals surface area contributed by atoms with Crippen LogP contribution in [0.15, 0.2) is 30.0 Å². The molecule has 6 heteroatoms. The third-order valence-electron chi connectivity index (χ3n) is 4.99. The van der Waals surface area contributed by atoms with E-state index in [9.17, 15) is 0 Å². The Labute approximate surface area is 156 Å². The summed E-state index contributed by atoms with van der Waals surface area (Å²) < 4.78 is 38.0. The number of methoxy groups -OCH3 is 1. The second-order valence-corrected chi connectivity index (χ2v) is 7.81. The molecule has 144 valence electrons. The summed E-state index contributed by atoms with van der Waals surface area (Å²) in [4.78, 5) is 0. The lowest BCUT2D eigenvalue weighted by Gasteiger charge is -2.32. The Balaban J connectivity index is 2.33. The van der Waals surface area contributed by atoms with Crippen molar-refractivity contribution in [2.45, 2.75) is 65.3 Å². The van der Waals surface area contributed by atoms with E-state index < -0.39 is 24.0 Å². The lowest BCUT2D eigenvalue weighted by molar-refractivity contribution is 0.00578. The fourth-order valence-corrected chi connectivity index (χ4v) is 2.68. The Morgan fingerprint density at radius 3 is 2.08 bits per heavy atom. The molecule has 1 aromatic rings. The van der Waals surface area contributed by atoms with Crippen molar-refractivity contribution in [1.29, 1.82) is 0 Å². The van der Waals surface area contributed by atoms with Gasteiger partial charge < -0.3 is 18.8 Å². The molecule has 0 aliphatic carbocycles. The van der Waals surface area contributed by atoms with E-state index in [2.05, 4.69) is 0 Å². The van der Waals surface area contributed by atoms with Crippen molar-refractivity contribution >= 4 is 12.7 Å². The first-order chi connectivity index (χ1) is 12.1. The molecule has 0 bridgehead atoms. The predicted octanol–water partition coefficient (Wildman–Crippen LogP) is 4.82. The van der Waals surface area contributed by atoms with Gasteiger partial charge in [0.1, 0.15) is 11.5 Å². The van der Waals surface area contributed by atoms with Crippen LogP contribution in [0, 0.1) is 0 Å². The fourth-order valence-electron chi connectivity index (χ4n) is 2.68. The molecule has 0 amide bonds. The SMILES string of the molecule is COc1ccc(C(CCOC(C)C)=C(F)B2OC(C)(C)C(C)(C)O2)cc1. The third-order valence-corrected chi connectivity index (χ3v) is 4.99. The van der Waals surface area contributed by atoms with Crippen molar-refractivity contribution in [3.63, 3.8) is 0 Å². The van der Waals surface area contributed by atoms with Crippen LogP contribution >= 0.6 is 0 Å². The average molecular weight is 364 g/mol. The molecule has 4 nitrogen and oxygen atoms in total. The number of hydrogen-bond acceptors (Lipinski definition) is 4. The molecule has 0 saturated carbocycles. The van der Waals surface area contributed by atoms with Gasteiger partial charge in [0.2, 0.25) is 0 Å². The smallest absolute Gasteiger partial charge is 0.497 e. The summed E-state index contributed by atoms with van der Waals surface area (Å²) in [5, 5.41) is 0. The Morgan fingerprint density at radius 1 is 1.08 bits per heavy atom. The van der Waals surface area contributed by atoms with E-state index in [1.54, 1.807) is 7.11 Å². The van der Waals surface area contributed by atoms with Gasteiger partial charge in [-0.25, -0.2) is 4.39 Å². The molecule has 0 radical (unpaired) electrons. The number of hydrogen-bond donors (Lipinski definition) is 0. The van der Waals surface area contributed by atoms with E-state index in [0.29, 0.717) is 18.6 Å². The standard InChI is InChI=1S/C20H30BFO4/c1-14(2)24-13-12-17(15-8-10-16(23-7)11-9-15)18(22)21-25-19(3,4)20(5,6)26-21/h8-11,14H,12-13H2,1-7H3. The molecule has 1 aliphatic heterocycles. The molecule has 1 aromatic carbocycles. The molecule has 0 spiro atoms. The van der Waals surface area contributed by atoms with Crippen molar-refractivity contribution < 1.29 is 23.2 Å². The van der Waals surface area contributed by atoms with Crippen LogP contribution in [0.2, 0.25) is 0 Å². The van der Waals surface area contributed by atoms with Gasteiger partial charge in [0, 0.05) is 0 Å². The van der Waals surface area contributed by atoms with Gasteiger partial charge in [0.25, 0.3) is 0 Å². The maximum atomic E-state index is 15.4. The van der Waals surface area contributed by atoms with E-state index in [-0.39, 0.29) is 6.10 Å². The number of halogens is 1. The summed E-state index contributed by atoms with van der Waals surface area (Å²) >= 11 is 0. The highest BCUT2D eigenvalue weighted by atomic mass is 19.1. The molecule has 1 saturated heterocycles. The maximum absolute atomic E-state index is 15.4. The van der Waals surface area contributed by atoms with Crippen LogP contribution in [0.4, 0.5) is 4.39 Å². The van der Waals surface area contributed by atoms with E-state index in [1.807, 2.05) is 65.8 Å². The lowest BCUT2D eigenvalue weighted by Crippen LogP contribution is -2.41. The van der Waals surface area contributed by atoms with Gasteiger partial charge in [-0.05, 0) is 71.2 Å². The zero-order valence-electron chi connectivity index (χ0n) is 16.9. The maximum Gasteiger partial charge on any atom is 0.525 e. The number of rotatable bonds is 7. The second kappa shape index (κ2) is 8.11. The van der Waals surface area contributed by atoms with Gasteiger partial charge in [-0.15, -0.1) is 0 Å². The van der Waals surface area contributed by atoms with E-state index in [0.717, 1.165) is 11.3 Å². The summed E-state index contributed by atoms with van der Waals surface area (Å²) in [6.07, 6.45) is 0.521. The van der Waals surface area contributed by atoms with Crippen molar-refractivity contribution in [3.05, 3.63) is 35.6 Å². The van der Waals surface area contributed by atoms with E-state index >= 15 is 4.39 Å². The highest BCUT2D eigenvalue weighted by Crippen LogP contribution is 2.40. The summed E-state index contributed by atoms with van der Waals surface area (Å²) in [7, 11) is 0.587. The Hall–Kier alpha value is -1.37. The third kappa shape index (κ3) is 4.67. The van der Waals surface area contributed by atoms with Gasteiger partial charge in [-0.3, -0.25) is 0 Å². The van der Waals surface area contributed by atoms with Crippen LogP contribution in [0.3, 0.4) is 0 Å². The monoisotopic (exact) mass is 364 g/mol. The summed E-state index contributed by atoms with van der Waals surface area (Å²) in [5.74, 6) is 0.725. The van der Waals surface area contributed by atoms with Crippen LogP contribution in [0.25, 0.3) is 5.57 Å². The Morgan fingerprint density at radius 2 is 1.62 bits per heavy atom. The zero-order valence-corrected chi connectivity index (χ0v) is 16.9. The van der Waals surface area contributed by atoms with E-state index in [1.165, 1.54) is 0 Å². The molecule has 2 rings (SSSR count). The normalized spacial score (nSPS) is 19.7. The molecule has 1 heterocycles. The molecule has 0 atom stereocenters. The van der Waals surface area contributed by atoms with Gasteiger partial charge in [-0.2, -0.15) is 0 Å². The highest BCUT2D eigenvalue weighted by molar-refractivity contribution is 6.55. The zero-order chi connectivity index (χ0) is 19.5. The second-order valence-electron chi connectivity index (χ2n) is 7.81. The molecular formula is C20H30BFO4. The molecular weight excluding hydrogens is 334 g/mol. The molecule has 1 aliphatic rings. The first kappa shape index (κ1) is 20.9. The highest BCUT2D eigenvalue weighted by Gasteiger charge is 2.53. The minimum Gasteiger partial charge on any atom is -0.497 e. The summed E-state index contributed by atoms with van der Waals surface area (Å²) in [6.45, 7) is 12.0. The van der Waals surface area contributed by atoms with Crippen LogP contribution in [-0.4, -0.2) is 38.1 Å². The van der Waals surface area contributed by atoms with Crippen molar-refractivity contribution in [3.8, 4) is 5.75 Å². The first-order valence-electron chi connectivity index (χ1n) is 9.07. The van der Waals surface area contributed by atoms with Crippen LogP contribution in [-0.2, 0) is 14.0 Å². The molecule has 26 heavy (non-hydrogen) atoms. The first-order valence-corrected chi connectivity index (χ1v) is 9.07. The largest absolute Gasteiger partial charge is 0.525 e. The van der Waals surface area contributed by atoms with Gasteiger partial charge >= 0.3 is 7.12 Å². The predicted molar refractivity (Wildman–Crippen MR) is 103 cm³/mol. The molecule has 0 unspecified atom stereocenters. The molecule has 0 aromatic heterocycles. The molecule has 0 N–H and O–H groups in total. The summed E-state index contributed by atoms with van der Waals surface area (Å²) in [6, 6.07) is 7.31. The molecule has 1 fully saturated rings. The topological polar surface area (TPSA) is 36.9 Å². The minimum absolute atomic E-state index is 0.0898. The number of benzene rings is 1. The van der Waals surface area contributed by atoms with Gasteiger partial charge in [-0.1, -0.05) is 12.1 Å². The number of ether oxygens (including phenoxy) is 2. The van der Waals surface area contributed by atoms with Crippen molar-refractivity contribution in [2.24, 2.45) is 0 Å². The quantitative estimate of drug-likeness (QED) is 0.650. The van der Waals surface area contributed by atoms with Crippen LogP contribution in [0.5, 0.6) is 5.75 Å². The Kier molecular flexibility index (Phi) is 6.53. The van der Waals surface area contributed by atoms with Gasteiger partial charge in [0.15, 0.2) is 0 Å². The van der Waals surface area contributed by atoms with E-state index in [4.69, 9.17) is 18.8 Å². The van der Waals surface area contributed by atoms with Crippen molar-refractivity contribution in [1.82, 2.24) is 0 Å².